The molecule has 1 heterocycles. The van der Waals surface area contributed by atoms with Gasteiger partial charge in [-0.2, -0.15) is 0 Å². The summed E-state index contributed by atoms with van der Waals surface area (Å²) in [6.07, 6.45) is 5.60. The summed E-state index contributed by atoms with van der Waals surface area (Å²) < 4.78 is 10.8. The number of hydrogen-bond donors (Lipinski definition) is 1. The van der Waals surface area contributed by atoms with Crippen molar-refractivity contribution < 1.29 is 23.9 Å². The number of morpholine rings is 1. The van der Waals surface area contributed by atoms with Crippen LogP contribution in [0.2, 0.25) is 0 Å². The van der Waals surface area contributed by atoms with Crippen molar-refractivity contribution in [3.8, 4) is 0 Å². The van der Waals surface area contributed by atoms with Crippen LogP contribution in [0.15, 0.2) is 54.6 Å². The maximum atomic E-state index is 12.9. The van der Waals surface area contributed by atoms with E-state index in [1.54, 1.807) is 48.5 Å². The Morgan fingerprint density at radius 3 is 2.24 bits per heavy atom. The molecule has 1 aliphatic heterocycles. The summed E-state index contributed by atoms with van der Waals surface area (Å²) in [5.41, 5.74) is 0.839. The number of carbonyl (C=O) groups excluding carboxylic acids is 3. The highest BCUT2D eigenvalue weighted by atomic mass is 16.5. The molecule has 180 valence electrons. The van der Waals surface area contributed by atoms with Crippen molar-refractivity contribution in [3.05, 3.63) is 71.3 Å². The van der Waals surface area contributed by atoms with Gasteiger partial charge in [0.25, 0.3) is 5.91 Å². The second-order valence-corrected chi connectivity index (χ2v) is 8.98. The molecule has 34 heavy (non-hydrogen) atoms. The van der Waals surface area contributed by atoms with Crippen molar-refractivity contribution in [2.75, 3.05) is 39.5 Å². The predicted octanol–water partition coefficient (Wildman–Crippen LogP) is 3.23. The lowest BCUT2D eigenvalue weighted by Crippen LogP contribution is -2.59. The van der Waals surface area contributed by atoms with Crippen molar-refractivity contribution in [1.29, 1.82) is 0 Å². The number of esters is 1. The summed E-state index contributed by atoms with van der Waals surface area (Å²) >= 11 is 0. The number of carbonyl (C=O) groups is 3. The van der Waals surface area contributed by atoms with E-state index in [-0.39, 0.29) is 35.0 Å². The van der Waals surface area contributed by atoms with Gasteiger partial charge in [-0.1, -0.05) is 67.8 Å². The van der Waals surface area contributed by atoms with E-state index >= 15 is 0 Å². The second-order valence-electron chi connectivity index (χ2n) is 8.98. The third-order valence-electron chi connectivity index (χ3n) is 6.84. The summed E-state index contributed by atoms with van der Waals surface area (Å²) in [4.78, 5) is 40.7. The third-order valence-corrected chi connectivity index (χ3v) is 6.84. The zero-order valence-corrected chi connectivity index (χ0v) is 19.5. The van der Waals surface area contributed by atoms with Crippen molar-refractivity contribution in [2.24, 2.45) is 0 Å². The van der Waals surface area contributed by atoms with Crippen molar-refractivity contribution in [3.63, 3.8) is 0 Å². The van der Waals surface area contributed by atoms with E-state index < -0.39 is 5.97 Å². The average Bonchev–Trinajstić information content (AvgIpc) is 2.91. The van der Waals surface area contributed by atoms with Crippen LogP contribution < -0.4 is 5.32 Å². The summed E-state index contributed by atoms with van der Waals surface area (Å²) in [7, 11) is 0. The lowest BCUT2D eigenvalue weighted by atomic mass is 9.79. The molecule has 1 amide bonds. The second kappa shape index (κ2) is 11.4. The zero-order chi connectivity index (χ0) is 23.8. The van der Waals surface area contributed by atoms with Gasteiger partial charge in [-0.05, 0) is 18.9 Å². The van der Waals surface area contributed by atoms with Crippen LogP contribution in [0.5, 0.6) is 0 Å². The number of nitrogens with one attached hydrogen (secondary N) is 1. The van der Waals surface area contributed by atoms with Gasteiger partial charge in [0.1, 0.15) is 0 Å². The molecule has 0 radical (unpaired) electrons. The molecule has 0 atom stereocenters. The van der Waals surface area contributed by atoms with Gasteiger partial charge in [0.05, 0.1) is 18.8 Å². The molecule has 4 rings (SSSR count). The monoisotopic (exact) mass is 464 g/mol. The molecule has 7 nitrogen and oxygen atoms in total. The van der Waals surface area contributed by atoms with Crippen LogP contribution in [0.1, 0.15) is 58.4 Å². The van der Waals surface area contributed by atoms with Crippen molar-refractivity contribution >= 4 is 17.7 Å². The lowest BCUT2D eigenvalue weighted by Gasteiger charge is -2.48. The SMILES string of the molecule is O=C(COC(=O)c1ccccc1C(=O)c1ccccc1)NCC1(N2CCOCC2)CCCCC1. The summed E-state index contributed by atoms with van der Waals surface area (Å²) in [6.45, 7) is 3.33. The zero-order valence-electron chi connectivity index (χ0n) is 19.5. The Hall–Kier alpha value is -3.03. The topological polar surface area (TPSA) is 84.9 Å². The van der Waals surface area contributed by atoms with Gasteiger partial charge in [-0.25, -0.2) is 4.79 Å². The van der Waals surface area contributed by atoms with Gasteiger partial charge >= 0.3 is 5.97 Å². The fraction of sp³-hybridized carbons (Fsp3) is 0.444. The molecular weight excluding hydrogens is 432 g/mol. The van der Waals surface area contributed by atoms with Crippen LogP contribution >= 0.6 is 0 Å². The van der Waals surface area contributed by atoms with E-state index in [2.05, 4.69) is 10.2 Å². The Morgan fingerprint density at radius 1 is 0.882 bits per heavy atom. The number of nitrogens with zero attached hydrogens (tertiary/aromatic N) is 1. The van der Waals surface area contributed by atoms with Crippen LogP contribution in [0.3, 0.4) is 0 Å². The van der Waals surface area contributed by atoms with Crippen LogP contribution in [-0.2, 0) is 14.3 Å². The van der Waals surface area contributed by atoms with Crippen LogP contribution in [-0.4, -0.2) is 67.6 Å². The van der Waals surface area contributed by atoms with E-state index in [9.17, 15) is 14.4 Å². The first kappa shape index (κ1) is 24.1. The first-order valence-electron chi connectivity index (χ1n) is 12.0. The minimum Gasteiger partial charge on any atom is -0.452 e. The number of ketones is 1. The first-order chi connectivity index (χ1) is 16.6. The van der Waals surface area contributed by atoms with Gasteiger partial charge in [-0.15, -0.1) is 0 Å². The molecule has 2 aliphatic rings. The largest absolute Gasteiger partial charge is 0.452 e. The van der Waals surface area contributed by atoms with Gasteiger partial charge in [0.2, 0.25) is 0 Å². The molecule has 7 heteroatoms. The van der Waals surface area contributed by atoms with Crippen LogP contribution in [0, 0.1) is 0 Å². The van der Waals surface area contributed by atoms with Gasteiger partial charge in [-0.3, -0.25) is 14.5 Å². The Morgan fingerprint density at radius 2 is 1.53 bits per heavy atom. The molecule has 1 N–H and O–H groups in total. The maximum absolute atomic E-state index is 12.9. The average molecular weight is 465 g/mol. The third kappa shape index (κ3) is 5.72. The summed E-state index contributed by atoms with van der Waals surface area (Å²) in [5.74, 6) is -1.28. The Bertz CT molecular complexity index is 995. The molecule has 0 aromatic heterocycles. The molecule has 2 fully saturated rings. The highest BCUT2D eigenvalue weighted by molar-refractivity contribution is 6.14. The van der Waals surface area contributed by atoms with E-state index in [0.717, 1.165) is 38.8 Å². The minimum atomic E-state index is -0.685. The first-order valence-corrected chi connectivity index (χ1v) is 12.0. The number of amides is 1. The van der Waals surface area contributed by atoms with Crippen molar-refractivity contribution in [1.82, 2.24) is 10.2 Å². The normalized spacial score (nSPS) is 18.1. The van der Waals surface area contributed by atoms with Gasteiger partial charge in [0.15, 0.2) is 12.4 Å². The Kier molecular flexibility index (Phi) is 8.08. The Balaban J connectivity index is 1.35. The fourth-order valence-corrected chi connectivity index (χ4v) is 4.98. The molecule has 1 saturated heterocycles. The standard InChI is InChI=1S/C27H32N2O5/c30-24(28-20-27(13-7-2-8-14-27)29-15-17-33-18-16-29)19-34-26(32)23-12-6-5-11-22(23)25(31)21-9-3-1-4-10-21/h1,3-6,9-12H,2,7-8,13-20H2,(H,28,30). The molecule has 2 aromatic carbocycles. The van der Waals surface area contributed by atoms with Crippen LogP contribution in [0.25, 0.3) is 0 Å². The Labute approximate surface area is 200 Å². The van der Waals surface area contributed by atoms with Crippen LogP contribution in [0.4, 0.5) is 0 Å². The fourth-order valence-electron chi connectivity index (χ4n) is 4.98. The predicted molar refractivity (Wildman–Crippen MR) is 128 cm³/mol. The smallest absolute Gasteiger partial charge is 0.339 e. The van der Waals surface area contributed by atoms with Crippen molar-refractivity contribution in [2.45, 2.75) is 37.6 Å². The van der Waals surface area contributed by atoms with E-state index in [1.165, 1.54) is 6.42 Å². The van der Waals surface area contributed by atoms with Gasteiger partial charge in [0, 0.05) is 36.3 Å². The summed E-state index contributed by atoms with van der Waals surface area (Å²) in [6, 6.07) is 15.3. The molecule has 2 aromatic rings. The lowest BCUT2D eigenvalue weighted by molar-refractivity contribution is -0.125. The number of rotatable bonds is 8. The molecule has 0 bridgehead atoms. The number of benzene rings is 2. The molecule has 1 aliphatic carbocycles. The summed E-state index contributed by atoms with van der Waals surface area (Å²) in [5, 5.41) is 2.99. The van der Waals surface area contributed by atoms with E-state index in [0.29, 0.717) is 25.3 Å². The highest BCUT2D eigenvalue weighted by Crippen LogP contribution is 2.33. The molecular formula is C27H32N2O5. The molecule has 1 saturated carbocycles. The molecule has 0 unspecified atom stereocenters. The van der Waals surface area contributed by atoms with E-state index in [4.69, 9.17) is 9.47 Å². The minimum absolute atomic E-state index is 0.0591. The van der Waals surface area contributed by atoms with Gasteiger partial charge < -0.3 is 14.8 Å². The van der Waals surface area contributed by atoms with E-state index in [1.807, 2.05) is 6.07 Å². The molecule has 0 spiro atoms. The number of ether oxygens (including phenoxy) is 2. The maximum Gasteiger partial charge on any atom is 0.339 e. The number of hydrogen-bond acceptors (Lipinski definition) is 6. The highest BCUT2D eigenvalue weighted by Gasteiger charge is 2.38. The quantitative estimate of drug-likeness (QED) is 0.477.